The Morgan fingerprint density at radius 3 is 2.66 bits per heavy atom. The molecule has 0 atom stereocenters. The third-order valence-electron chi connectivity index (χ3n) is 5.75. The number of hydrogen-bond donors (Lipinski definition) is 1. The van der Waals surface area contributed by atoms with Crippen LogP contribution < -0.4 is 4.90 Å². The molecular formula is C22H26ClN5O. The first-order valence-corrected chi connectivity index (χ1v) is 10.6. The minimum atomic E-state index is -0.110. The summed E-state index contributed by atoms with van der Waals surface area (Å²) in [7, 11) is 0. The molecule has 2 aromatic heterocycles. The number of hydrogen-bond acceptors (Lipinski definition) is 4. The highest BCUT2D eigenvalue weighted by Crippen LogP contribution is 2.31. The van der Waals surface area contributed by atoms with Crippen molar-refractivity contribution in [1.29, 1.82) is 0 Å². The number of piperidine rings is 1. The molecule has 1 amide bonds. The maximum atomic E-state index is 13.1. The van der Waals surface area contributed by atoms with E-state index in [1.165, 1.54) is 17.3 Å². The van der Waals surface area contributed by atoms with Gasteiger partial charge in [0.25, 0.3) is 5.91 Å². The number of nitrogens with one attached hydrogen (secondary N) is 1. The number of carbonyl (C=O) groups excluding carboxylic acids is 1. The van der Waals surface area contributed by atoms with E-state index in [1.807, 2.05) is 29.7 Å². The zero-order valence-electron chi connectivity index (χ0n) is 16.9. The Kier molecular flexibility index (Phi) is 5.72. The Morgan fingerprint density at radius 2 is 1.97 bits per heavy atom. The van der Waals surface area contributed by atoms with Crippen LogP contribution in [-0.4, -0.2) is 51.9 Å². The maximum absolute atomic E-state index is 13.1. The van der Waals surface area contributed by atoms with Crippen molar-refractivity contribution in [2.75, 3.05) is 31.1 Å². The molecule has 1 aliphatic heterocycles. The van der Waals surface area contributed by atoms with Crippen LogP contribution in [0.25, 0.3) is 10.9 Å². The smallest absolute Gasteiger partial charge is 0.274 e. The highest BCUT2D eigenvalue weighted by atomic mass is 35.5. The molecule has 1 N–H and O–H groups in total. The summed E-state index contributed by atoms with van der Waals surface area (Å²) in [5.41, 5.74) is 2.72. The lowest BCUT2D eigenvalue weighted by molar-refractivity contribution is 0.0706. The van der Waals surface area contributed by atoms with E-state index in [9.17, 15) is 4.79 Å². The number of aromatic amines is 1. The van der Waals surface area contributed by atoms with Crippen molar-refractivity contribution < 1.29 is 4.79 Å². The zero-order chi connectivity index (χ0) is 20.4. The number of nitrogens with zero attached hydrogens (tertiary/aromatic N) is 4. The summed E-state index contributed by atoms with van der Waals surface area (Å²) in [4.78, 5) is 29.3. The Balaban J connectivity index is 1.47. The molecule has 0 aliphatic carbocycles. The average Bonchev–Trinajstić information content (AvgIpc) is 3.19. The fraction of sp³-hybridized carbons (Fsp3) is 0.409. The molecule has 4 rings (SSSR count). The van der Waals surface area contributed by atoms with E-state index in [1.54, 1.807) is 0 Å². The minimum Gasteiger partial charge on any atom is -0.358 e. The van der Waals surface area contributed by atoms with Crippen LogP contribution in [0.4, 0.5) is 5.95 Å². The lowest BCUT2D eigenvalue weighted by atomic mass is 9.93. The topological polar surface area (TPSA) is 65.1 Å². The molecule has 1 fully saturated rings. The van der Waals surface area contributed by atoms with Gasteiger partial charge in [0.2, 0.25) is 5.95 Å². The summed E-state index contributed by atoms with van der Waals surface area (Å²) >= 11 is 6.28. The zero-order valence-corrected chi connectivity index (χ0v) is 17.6. The second kappa shape index (κ2) is 8.41. The highest BCUT2D eigenvalue weighted by molar-refractivity contribution is 6.33. The summed E-state index contributed by atoms with van der Waals surface area (Å²) in [5.74, 6) is 0.871. The molecule has 0 unspecified atom stereocenters. The van der Waals surface area contributed by atoms with Gasteiger partial charge in [0, 0.05) is 43.3 Å². The van der Waals surface area contributed by atoms with E-state index in [0.717, 1.165) is 31.4 Å². The number of fused-ring (bicyclic) bond motifs is 1. The van der Waals surface area contributed by atoms with Gasteiger partial charge < -0.3 is 14.8 Å². The van der Waals surface area contributed by atoms with Gasteiger partial charge in [-0.05, 0) is 44.2 Å². The van der Waals surface area contributed by atoms with Gasteiger partial charge in [0.1, 0.15) is 0 Å². The standard InChI is InChI=1S/C22H26ClN5O/c1-3-27(4-2)22-24-14-17(23)20(26-22)21(29)28-11-9-15(10-12-28)19-13-16-7-5-6-8-18(16)25-19/h5-8,13-15,25H,3-4,9-12H2,1-2H3. The van der Waals surface area contributed by atoms with E-state index >= 15 is 0 Å². The molecule has 3 heterocycles. The SMILES string of the molecule is CCN(CC)c1ncc(Cl)c(C(=O)N2CCC(c3cc4ccccc4[nH]3)CC2)n1. The third kappa shape index (κ3) is 3.94. The molecule has 0 saturated carbocycles. The Morgan fingerprint density at radius 1 is 1.24 bits per heavy atom. The van der Waals surface area contributed by atoms with Crippen LogP contribution in [0, 0.1) is 0 Å². The van der Waals surface area contributed by atoms with Crippen LogP contribution in [-0.2, 0) is 0 Å². The van der Waals surface area contributed by atoms with E-state index in [-0.39, 0.29) is 5.91 Å². The minimum absolute atomic E-state index is 0.110. The number of anilines is 1. The van der Waals surface area contributed by atoms with Gasteiger partial charge in [-0.25, -0.2) is 9.97 Å². The molecule has 0 spiro atoms. The highest BCUT2D eigenvalue weighted by Gasteiger charge is 2.28. The number of likely N-dealkylation sites (tertiary alicyclic amines) is 1. The van der Waals surface area contributed by atoms with Crippen molar-refractivity contribution >= 4 is 34.4 Å². The summed E-state index contributed by atoms with van der Waals surface area (Å²) < 4.78 is 0. The van der Waals surface area contributed by atoms with Gasteiger partial charge in [-0.1, -0.05) is 29.8 Å². The normalized spacial score (nSPS) is 15.1. The molecule has 1 saturated heterocycles. The van der Waals surface area contributed by atoms with Crippen LogP contribution in [0.1, 0.15) is 48.8 Å². The first-order chi connectivity index (χ1) is 14.1. The molecule has 1 aromatic carbocycles. The van der Waals surface area contributed by atoms with Crippen molar-refractivity contribution in [2.24, 2.45) is 0 Å². The summed E-state index contributed by atoms with van der Waals surface area (Å²) in [6, 6.07) is 10.6. The Hall–Kier alpha value is -2.60. The molecule has 6 nitrogen and oxygen atoms in total. The molecule has 29 heavy (non-hydrogen) atoms. The van der Waals surface area contributed by atoms with Crippen molar-refractivity contribution in [1.82, 2.24) is 19.9 Å². The number of benzene rings is 1. The number of para-hydroxylation sites is 1. The number of rotatable bonds is 5. The quantitative estimate of drug-likeness (QED) is 0.672. The lowest BCUT2D eigenvalue weighted by Crippen LogP contribution is -2.38. The summed E-state index contributed by atoms with van der Waals surface area (Å²) in [5, 5.41) is 1.54. The summed E-state index contributed by atoms with van der Waals surface area (Å²) in [6.45, 7) is 7.03. The molecule has 7 heteroatoms. The van der Waals surface area contributed by atoms with Crippen LogP contribution in [0.15, 0.2) is 36.5 Å². The van der Waals surface area contributed by atoms with E-state index in [0.29, 0.717) is 35.7 Å². The van der Waals surface area contributed by atoms with Gasteiger partial charge in [0.05, 0.1) is 11.2 Å². The van der Waals surface area contributed by atoms with Crippen LogP contribution in [0.2, 0.25) is 5.02 Å². The first kappa shape index (κ1) is 19.7. The number of amides is 1. The molecule has 0 radical (unpaired) electrons. The average molecular weight is 412 g/mol. The van der Waals surface area contributed by atoms with Crippen LogP contribution >= 0.6 is 11.6 Å². The molecular weight excluding hydrogens is 386 g/mol. The van der Waals surface area contributed by atoms with E-state index in [2.05, 4.69) is 39.2 Å². The molecule has 1 aliphatic rings. The predicted molar refractivity (Wildman–Crippen MR) is 117 cm³/mol. The Bertz CT molecular complexity index is 972. The van der Waals surface area contributed by atoms with Crippen LogP contribution in [0.3, 0.4) is 0 Å². The first-order valence-electron chi connectivity index (χ1n) is 10.2. The number of carbonyl (C=O) groups is 1. The van der Waals surface area contributed by atoms with Gasteiger partial charge in [-0.2, -0.15) is 0 Å². The monoisotopic (exact) mass is 411 g/mol. The predicted octanol–water partition coefficient (Wildman–Crippen LogP) is 4.48. The van der Waals surface area contributed by atoms with Crippen molar-refractivity contribution in [3.05, 3.63) is 52.9 Å². The maximum Gasteiger partial charge on any atom is 0.274 e. The molecule has 152 valence electrons. The van der Waals surface area contributed by atoms with Gasteiger partial charge >= 0.3 is 0 Å². The molecule has 0 bridgehead atoms. The van der Waals surface area contributed by atoms with Crippen molar-refractivity contribution in [2.45, 2.75) is 32.6 Å². The van der Waals surface area contributed by atoms with Gasteiger partial charge in [0.15, 0.2) is 5.69 Å². The Labute approximate surface area is 175 Å². The lowest BCUT2D eigenvalue weighted by Gasteiger charge is -2.31. The second-order valence-electron chi connectivity index (χ2n) is 7.42. The number of aromatic nitrogens is 3. The van der Waals surface area contributed by atoms with Crippen LogP contribution in [0.5, 0.6) is 0 Å². The number of halogens is 1. The van der Waals surface area contributed by atoms with Crippen molar-refractivity contribution in [3.63, 3.8) is 0 Å². The fourth-order valence-corrected chi connectivity index (χ4v) is 4.20. The van der Waals surface area contributed by atoms with E-state index in [4.69, 9.17) is 11.6 Å². The number of H-pyrrole nitrogens is 1. The third-order valence-corrected chi connectivity index (χ3v) is 6.03. The van der Waals surface area contributed by atoms with E-state index < -0.39 is 0 Å². The summed E-state index contributed by atoms with van der Waals surface area (Å²) in [6.07, 6.45) is 3.38. The molecule has 3 aromatic rings. The fourth-order valence-electron chi connectivity index (χ4n) is 4.03. The van der Waals surface area contributed by atoms with Crippen molar-refractivity contribution in [3.8, 4) is 0 Å². The van der Waals surface area contributed by atoms with Gasteiger partial charge in [-0.15, -0.1) is 0 Å². The largest absolute Gasteiger partial charge is 0.358 e. The second-order valence-corrected chi connectivity index (χ2v) is 7.82. The van der Waals surface area contributed by atoms with Gasteiger partial charge in [-0.3, -0.25) is 4.79 Å².